The Hall–Kier alpha value is -3.37. The van der Waals surface area contributed by atoms with Gasteiger partial charge in [0.05, 0.1) is 37.6 Å². The molecule has 0 radical (unpaired) electrons. The van der Waals surface area contributed by atoms with Gasteiger partial charge >= 0.3 is 5.97 Å². The van der Waals surface area contributed by atoms with E-state index in [9.17, 15) is 34.2 Å². The van der Waals surface area contributed by atoms with E-state index in [0.29, 0.717) is 56.9 Å². The van der Waals surface area contributed by atoms with Crippen molar-refractivity contribution in [2.24, 2.45) is 41.4 Å². The number of methoxy groups -OCH3 is 3. The predicted octanol–water partition coefficient (Wildman–Crippen LogP) is 7.47. The number of ether oxygens (including phenoxy) is 6. The Labute approximate surface area is 406 Å². The molecule has 68 heavy (non-hydrogen) atoms. The zero-order valence-corrected chi connectivity index (χ0v) is 43.0. The lowest BCUT2D eigenvalue weighted by atomic mass is 9.78. The number of rotatable bonds is 9. The van der Waals surface area contributed by atoms with Crippen molar-refractivity contribution in [1.29, 1.82) is 0 Å². The molecule has 1 amide bonds. The highest BCUT2D eigenvalue weighted by atomic mass is 16.6. The smallest absolute Gasteiger partial charge is 0.329 e. The van der Waals surface area contributed by atoms with Gasteiger partial charge < -0.3 is 43.5 Å². The van der Waals surface area contributed by atoms with Crippen LogP contribution in [0.1, 0.15) is 132 Å². The molecule has 0 aromatic carbocycles. The average Bonchev–Trinajstić information content (AvgIpc) is 3.32. The van der Waals surface area contributed by atoms with E-state index >= 15 is 0 Å². The van der Waals surface area contributed by atoms with Crippen LogP contribution in [0.5, 0.6) is 0 Å². The number of cyclic esters (lactones) is 1. The van der Waals surface area contributed by atoms with Gasteiger partial charge in [0.25, 0.3) is 11.7 Å². The van der Waals surface area contributed by atoms with Gasteiger partial charge in [0.2, 0.25) is 5.79 Å². The second-order valence-electron chi connectivity index (χ2n) is 20.5. The van der Waals surface area contributed by atoms with E-state index in [0.717, 1.165) is 18.4 Å². The highest BCUT2D eigenvalue weighted by Crippen LogP contribution is 2.38. The lowest BCUT2D eigenvalue weighted by molar-refractivity contribution is -0.265. The summed E-state index contributed by atoms with van der Waals surface area (Å²) in [6.45, 7) is 15.5. The molecule has 3 fully saturated rings. The molecule has 14 heteroatoms. The van der Waals surface area contributed by atoms with Gasteiger partial charge in [-0.3, -0.25) is 19.2 Å². The molecule has 384 valence electrons. The number of aliphatic hydroxyl groups is 2. The number of amides is 1. The van der Waals surface area contributed by atoms with Gasteiger partial charge in [-0.25, -0.2) is 4.79 Å². The first kappa shape index (κ1) is 57.2. The van der Waals surface area contributed by atoms with Gasteiger partial charge in [-0.2, -0.15) is 0 Å². The van der Waals surface area contributed by atoms with Crippen LogP contribution >= 0.6 is 0 Å². The minimum atomic E-state index is -2.42. The fraction of sp³-hybridized carbons (Fsp3) is 0.759. The standard InChI is InChI=1S/C54H85NO13/c1-33-17-13-12-14-18-34(2)46(63-9)31-42-22-20-39(7)54(62,68-42)51(59)52(60)55-24-16-15-19-43(55)53(61)67-47(37(5)29-41-21-23-45(66-26-25-56)48(30-41)64-10)32-44(57)36(4)28-35(3)40(8)50(65-11)49(58)38(6)27-33/h12-14,17-18,28,33,35,37-43,45-48,50,56,62H,15-16,19-27,29-32H2,1-11H3/b14-12?,17-13?,34-18?,36-28+/t33-,35?,37-,38-,39-,40-,41+,42+,43+,45-,46+,47?,48-,50-,54-/m1/s1. The number of fused-ring (bicyclic) bond motifs is 3. The summed E-state index contributed by atoms with van der Waals surface area (Å²) in [5.74, 6) is -6.94. The predicted molar refractivity (Wildman–Crippen MR) is 259 cm³/mol. The van der Waals surface area contributed by atoms with E-state index in [-0.39, 0.29) is 91.9 Å². The number of Topliss-reactive ketones (excluding diaryl/α,β-unsaturated/α-hetero) is 3. The molecule has 3 heterocycles. The van der Waals surface area contributed by atoms with Gasteiger partial charge in [-0.05, 0) is 119 Å². The zero-order chi connectivity index (χ0) is 50.3. The molecule has 15 atom stereocenters. The van der Waals surface area contributed by atoms with E-state index in [1.807, 2.05) is 65.0 Å². The van der Waals surface area contributed by atoms with Crippen molar-refractivity contribution in [2.75, 3.05) is 41.1 Å². The lowest BCUT2D eigenvalue weighted by Crippen LogP contribution is -2.61. The van der Waals surface area contributed by atoms with Crippen molar-refractivity contribution in [3.05, 3.63) is 47.6 Å². The third-order valence-corrected chi connectivity index (χ3v) is 15.3. The largest absolute Gasteiger partial charge is 0.460 e. The topological polar surface area (TPSA) is 184 Å². The minimum Gasteiger partial charge on any atom is -0.460 e. The Balaban J connectivity index is 1.70. The Kier molecular flexibility index (Phi) is 23.0. The van der Waals surface area contributed by atoms with Gasteiger partial charge in [0.1, 0.15) is 18.2 Å². The quantitative estimate of drug-likeness (QED) is 0.172. The van der Waals surface area contributed by atoms with Gasteiger partial charge in [0, 0.05) is 52.6 Å². The number of hydrogen-bond acceptors (Lipinski definition) is 13. The number of ketones is 3. The second kappa shape index (κ2) is 27.3. The maximum Gasteiger partial charge on any atom is 0.329 e. The Morgan fingerprint density at radius 1 is 0.853 bits per heavy atom. The van der Waals surface area contributed by atoms with Crippen molar-refractivity contribution >= 4 is 29.2 Å². The van der Waals surface area contributed by atoms with E-state index in [4.69, 9.17) is 28.4 Å². The summed E-state index contributed by atoms with van der Waals surface area (Å²) in [7, 11) is 4.78. The second-order valence-corrected chi connectivity index (χ2v) is 20.5. The molecular weight excluding hydrogens is 871 g/mol. The van der Waals surface area contributed by atoms with Crippen molar-refractivity contribution in [1.82, 2.24) is 4.90 Å². The monoisotopic (exact) mass is 956 g/mol. The summed E-state index contributed by atoms with van der Waals surface area (Å²) in [4.78, 5) is 72.4. The molecule has 0 spiro atoms. The van der Waals surface area contributed by atoms with Crippen molar-refractivity contribution in [3.63, 3.8) is 0 Å². The molecule has 3 aliphatic heterocycles. The maximum atomic E-state index is 14.5. The minimum absolute atomic E-state index is 0.00503. The number of carbonyl (C=O) groups excluding carboxylic acids is 5. The zero-order valence-electron chi connectivity index (χ0n) is 43.0. The van der Waals surface area contributed by atoms with Gasteiger partial charge in [0.15, 0.2) is 11.6 Å². The molecule has 14 nitrogen and oxygen atoms in total. The van der Waals surface area contributed by atoms with Crippen LogP contribution in [0.2, 0.25) is 0 Å². The highest BCUT2D eigenvalue weighted by Gasteiger charge is 2.53. The SMILES string of the molecule is CO[C@H]1C[C@@H]2CC[C@@H](C)[C@@](O)(O2)C(=O)C(=O)N2CCCC[C@H]2C(=O)OC([C@H](C)C[C@@H]2CC[C@@H](OCCO)[C@H](OC)C2)CC(=O)/C(C)=C/C(C)[C@@H](C)[C@@H](OC)C(=O)[C@H](C)C[C@H](C)C=CC=CC=C1C. The molecule has 1 saturated carbocycles. The summed E-state index contributed by atoms with van der Waals surface area (Å²) in [5, 5.41) is 21.3. The van der Waals surface area contributed by atoms with E-state index in [2.05, 4.69) is 13.0 Å². The van der Waals surface area contributed by atoms with Gasteiger partial charge in [-0.1, -0.05) is 78.0 Å². The molecule has 4 rings (SSSR count). The first-order valence-corrected chi connectivity index (χ1v) is 25.3. The van der Waals surface area contributed by atoms with Crippen LogP contribution in [0.15, 0.2) is 47.6 Å². The van der Waals surface area contributed by atoms with Gasteiger partial charge in [-0.15, -0.1) is 0 Å². The fourth-order valence-electron chi connectivity index (χ4n) is 10.7. The van der Waals surface area contributed by atoms with Crippen LogP contribution in [0.25, 0.3) is 0 Å². The molecule has 2 saturated heterocycles. The Morgan fingerprint density at radius 2 is 1.59 bits per heavy atom. The van der Waals surface area contributed by atoms with Crippen LogP contribution in [-0.2, 0) is 52.4 Å². The molecule has 2 unspecified atom stereocenters. The number of piperidine rings is 1. The molecule has 2 N–H and O–H groups in total. The number of nitrogens with zero attached hydrogens (tertiary/aromatic N) is 1. The first-order valence-electron chi connectivity index (χ1n) is 25.3. The normalized spacial score (nSPS) is 37.5. The Morgan fingerprint density at radius 3 is 2.26 bits per heavy atom. The van der Waals surface area contributed by atoms with Crippen molar-refractivity contribution in [2.45, 2.75) is 181 Å². The van der Waals surface area contributed by atoms with Crippen LogP contribution in [0.3, 0.4) is 0 Å². The summed E-state index contributed by atoms with van der Waals surface area (Å²) in [6.07, 6.45) is 14.8. The molecule has 4 aliphatic rings. The number of esters is 1. The fourth-order valence-corrected chi connectivity index (χ4v) is 10.7. The molecule has 0 aromatic rings. The summed E-state index contributed by atoms with van der Waals surface area (Å²) in [5.41, 5.74) is 1.37. The van der Waals surface area contributed by atoms with E-state index in [1.54, 1.807) is 35.2 Å². The summed E-state index contributed by atoms with van der Waals surface area (Å²) < 4.78 is 35.9. The highest BCUT2D eigenvalue weighted by molar-refractivity contribution is 6.39. The molecule has 0 aromatic heterocycles. The van der Waals surface area contributed by atoms with E-state index < -0.39 is 59.8 Å². The van der Waals surface area contributed by atoms with E-state index in [1.165, 1.54) is 4.90 Å². The third kappa shape index (κ3) is 15.3. The van der Waals surface area contributed by atoms with Crippen molar-refractivity contribution < 1.29 is 62.6 Å². The summed E-state index contributed by atoms with van der Waals surface area (Å²) in [6, 6.07) is -1.11. The number of aliphatic hydroxyl groups excluding tert-OH is 1. The first-order chi connectivity index (χ1) is 32.3. The maximum absolute atomic E-state index is 14.5. The third-order valence-electron chi connectivity index (χ3n) is 15.3. The molecular formula is C54H85NO13. The average molecular weight is 956 g/mol. The molecule has 2 bridgehead atoms. The number of carbonyl (C=O) groups is 5. The van der Waals surface area contributed by atoms with Crippen LogP contribution in [0.4, 0.5) is 0 Å². The molecule has 1 aliphatic carbocycles. The Bertz CT molecular complexity index is 1810. The number of hydrogen-bond donors (Lipinski definition) is 2. The van der Waals surface area contributed by atoms with Crippen LogP contribution in [-0.4, -0.2) is 134 Å². The van der Waals surface area contributed by atoms with Crippen LogP contribution < -0.4 is 0 Å². The lowest BCUT2D eigenvalue weighted by Gasteiger charge is -2.42. The van der Waals surface area contributed by atoms with Crippen molar-refractivity contribution in [3.8, 4) is 0 Å². The summed E-state index contributed by atoms with van der Waals surface area (Å²) >= 11 is 0. The van der Waals surface area contributed by atoms with Crippen LogP contribution in [0, 0.1) is 41.4 Å². The number of allylic oxidation sites excluding steroid dienone is 7.